The van der Waals surface area contributed by atoms with Crippen LogP contribution in [0.3, 0.4) is 0 Å². The molecule has 2 N–H and O–H groups in total. The quantitative estimate of drug-likeness (QED) is 0.533. The van der Waals surface area contributed by atoms with Gasteiger partial charge in [0.05, 0.1) is 18.5 Å². The van der Waals surface area contributed by atoms with E-state index in [1.165, 1.54) is 19.2 Å². The summed E-state index contributed by atoms with van der Waals surface area (Å²) in [6.45, 7) is 5.20. The number of hydrogen-bond acceptors (Lipinski definition) is 8. The molecule has 0 spiro atoms. The summed E-state index contributed by atoms with van der Waals surface area (Å²) in [6.07, 6.45) is 1.69. The molecule has 182 valence electrons. The second-order valence-corrected chi connectivity index (χ2v) is 8.71. The summed E-state index contributed by atoms with van der Waals surface area (Å²) >= 11 is 0. The van der Waals surface area contributed by atoms with Crippen molar-refractivity contribution >= 4 is 11.6 Å². The molecule has 3 aromatic rings. The third-order valence-electron chi connectivity index (χ3n) is 5.49. The number of hydrogen-bond donors (Lipinski definition) is 2. The highest BCUT2D eigenvalue weighted by Gasteiger charge is 2.28. The third kappa shape index (κ3) is 5.60. The molecule has 4 rings (SSSR count). The van der Waals surface area contributed by atoms with Gasteiger partial charge in [-0.3, -0.25) is 9.78 Å². The number of ether oxygens (including phenoxy) is 1. The third-order valence-corrected chi connectivity index (χ3v) is 5.49. The molecule has 0 saturated heterocycles. The fourth-order valence-electron chi connectivity index (χ4n) is 3.61. The molecule has 1 aromatic carbocycles. The summed E-state index contributed by atoms with van der Waals surface area (Å²) < 4.78 is 18.6. The molecule has 1 unspecified atom stereocenters. The zero-order valence-corrected chi connectivity index (χ0v) is 19.9. The topological polar surface area (TPSA) is 119 Å². The molecule has 1 atom stereocenters. The average Bonchev–Trinajstić information content (AvgIpc) is 3.33. The monoisotopic (exact) mass is 479 g/mol. The van der Waals surface area contributed by atoms with E-state index in [-0.39, 0.29) is 24.1 Å². The molecule has 0 aliphatic carbocycles. The number of aryl methyl sites for hydroxylation is 1. The fourth-order valence-corrected chi connectivity index (χ4v) is 3.61. The number of carbonyl (C=O) groups is 1. The van der Waals surface area contributed by atoms with Crippen LogP contribution in [0.25, 0.3) is 0 Å². The van der Waals surface area contributed by atoms with E-state index < -0.39 is 17.3 Å². The van der Waals surface area contributed by atoms with Gasteiger partial charge in [-0.1, -0.05) is 11.2 Å². The van der Waals surface area contributed by atoms with Crippen molar-refractivity contribution in [3.63, 3.8) is 0 Å². The van der Waals surface area contributed by atoms with E-state index in [1.807, 2.05) is 6.07 Å². The summed E-state index contributed by atoms with van der Waals surface area (Å²) in [6, 6.07) is 9.55. The molecule has 2 aromatic heterocycles. The molecule has 0 radical (unpaired) electrons. The predicted molar refractivity (Wildman–Crippen MR) is 125 cm³/mol. The number of benzene rings is 1. The Morgan fingerprint density at radius 3 is 2.80 bits per heavy atom. The van der Waals surface area contributed by atoms with Gasteiger partial charge >= 0.3 is 0 Å². The average molecular weight is 480 g/mol. The van der Waals surface area contributed by atoms with Crippen molar-refractivity contribution in [3.8, 4) is 5.75 Å². The molecule has 0 fully saturated rings. The first-order valence-electron chi connectivity index (χ1n) is 11.0. The zero-order valence-electron chi connectivity index (χ0n) is 19.9. The van der Waals surface area contributed by atoms with Gasteiger partial charge in [0.15, 0.2) is 17.7 Å². The summed E-state index contributed by atoms with van der Waals surface area (Å²) in [7, 11) is 1.38. The summed E-state index contributed by atoms with van der Waals surface area (Å²) in [5, 5.41) is 17.2. The molecule has 3 heterocycles. The number of halogens is 1. The van der Waals surface area contributed by atoms with E-state index in [0.29, 0.717) is 34.9 Å². The maximum absolute atomic E-state index is 13.6. The maximum atomic E-state index is 13.6. The number of methoxy groups -OCH3 is 1. The smallest absolute Gasteiger partial charge is 0.270 e. The van der Waals surface area contributed by atoms with Crippen LogP contribution in [0.1, 0.15) is 65.2 Å². The molecule has 1 amide bonds. The van der Waals surface area contributed by atoms with Crippen LogP contribution in [0.4, 0.5) is 4.39 Å². The van der Waals surface area contributed by atoms with Gasteiger partial charge in [0, 0.05) is 19.2 Å². The molecule has 1 aliphatic rings. The van der Waals surface area contributed by atoms with Gasteiger partial charge in [0.25, 0.3) is 5.91 Å². The largest absolute Gasteiger partial charge is 0.494 e. The second kappa shape index (κ2) is 9.75. The van der Waals surface area contributed by atoms with Gasteiger partial charge in [0.2, 0.25) is 0 Å². The van der Waals surface area contributed by atoms with Crippen LogP contribution in [0.2, 0.25) is 0 Å². The van der Waals surface area contributed by atoms with Crippen molar-refractivity contribution < 1.29 is 23.9 Å². The highest BCUT2D eigenvalue weighted by atomic mass is 19.1. The Kier molecular flexibility index (Phi) is 6.74. The number of aliphatic hydroxyl groups is 1. The van der Waals surface area contributed by atoms with Crippen LogP contribution >= 0.6 is 0 Å². The van der Waals surface area contributed by atoms with Crippen molar-refractivity contribution in [2.24, 2.45) is 5.16 Å². The number of carbonyl (C=O) groups excluding carboxylic acids is 1. The highest BCUT2D eigenvalue weighted by molar-refractivity contribution is 6.02. The minimum Gasteiger partial charge on any atom is -0.494 e. The summed E-state index contributed by atoms with van der Waals surface area (Å²) in [5.41, 5.74) is 2.22. The van der Waals surface area contributed by atoms with E-state index in [1.54, 1.807) is 45.2 Å². The molecule has 0 saturated carbocycles. The van der Waals surface area contributed by atoms with E-state index in [9.17, 15) is 14.3 Å². The lowest BCUT2D eigenvalue weighted by atomic mass is 9.98. The van der Waals surface area contributed by atoms with Gasteiger partial charge in [-0.15, -0.1) is 0 Å². The Balaban J connectivity index is 1.46. The standard InChI is InChI=1S/C25H26FN5O4/c1-14-29-18(19-12-21(35-31-19)16-7-8-27-23(10-16)25(2,3)33)11-20(30-14)24(32)28-13-15-5-6-17(26)22(9-15)34-4/h5-11,21,33H,12-13H2,1-4H3,(H,28,32). The van der Waals surface area contributed by atoms with Crippen LogP contribution in [0.15, 0.2) is 47.8 Å². The van der Waals surface area contributed by atoms with Crippen LogP contribution < -0.4 is 10.1 Å². The maximum Gasteiger partial charge on any atom is 0.270 e. The Hall–Kier alpha value is -3.92. The molecule has 0 bridgehead atoms. The Morgan fingerprint density at radius 2 is 2.06 bits per heavy atom. The Morgan fingerprint density at radius 1 is 1.26 bits per heavy atom. The first kappa shape index (κ1) is 24.2. The van der Waals surface area contributed by atoms with E-state index in [4.69, 9.17) is 9.57 Å². The first-order valence-corrected chi connectivity index (χ1v) is 11.0. The number of oxime groups is 1. The zero-order chi connectivity index (χ0) is 25.2. The predicted octanol–water partition coefficient (Wildman–Crippen LogP) is 3.35. The fraction of sp³-hybridized carbons (Fsp3) is 0.320. The SMILES string of the molecule is COc1cc(CNC(=O)c2cc(C3=NOC(c4ccnc(C(C)(C)O)c4)C3)nc(C)n2)ccc1F. The Labute approximate surface area is 202 Å². The number of rotatable bonds is 7. The second-order valence-electron chi connectivity index (χ2n) is 8.71. The van der Waals surface area contributed by atoms with E-state index in [0.717, 1.165) is 5.56 Å². The van der Waals surface area contributed by atoms with Crippen molar-refractivity contribution in [1.82, 2.24) is 20.3 Å². The molecule has 9 nitrogen and oxygen atoms in total. The summed E-state index contributed by atoms with van der Waals surface area (Å²) in [5.74, 6) is -0.357. The lowest BCUT2D eigenvalue weighted by Gasteiger charge is -2.18. The van der Waals surface area contributed by atoms with Crippen LogP contribution in [-0.4, -0.2) is 38.8 Å². The number of nitrogens with one attached hydrogen (secondary N) is 1. The van der Waals surface area contributed by atoms with E-state index in [2.05, 4.69) is 25.4 Å². The number of aromatic nitrogens is 3. The first-order chi connectivity index (χ1) is 16.6. The lowest BCUT2D eigenvalue weighted by molar-refractivity contribution is 0.0711. The van der Waals surface area contributed by atoms with Gasteiger partial charge in [-0.25, -0.2) is 14.4 Å². The van der Waals surface area contributed by atoms with Crippen LogP contribution in [0, 0.1) is 12.7 Å². The minimum atomic E-state index is -1.08. The summed E-state index contributed by atoms with van der Waals surface area (Å²) in [4.78, 5) is 31.3. The molecule has 10 heteroatoms. The molecular formula is C25H26FN5O4. The minimum absolute atomic E-state index is 0.106. The van der Waals surface area contributed by atoms with Gasteiger partial charge in [-0.05, 0) is 62.2 Å². The van der Waals surface area contributed by atoms with Crippen LogP contribution in [-0.2, 0) is 17.0 Å². The van der Waals surface area contributed by atoms with Crippen molar-refractivity contribution in [2.45, 2.75) is 45.4 Å². The number of nitrogens with zero attached hydrogens (tertiary/aromatic N) is 4. The number of amides is 1. The highest BCUT2D eigenvalue weighted by Crippen LogP contribution is 2.31. The van der Waals surface area contributed by atoms with Gasteiger partial charge in [-0.2, -0.15) is 0 Å². The van der Waals surface area contributed by atoms with Crippen molar-refractivity contribution in [3.05, 3.63) is 82.4 Å². The molecule has 1 aliphatic heterocycles. The van der Waals surface area contributed by atoms with Crippen molar-refractivity contribution in [1.29, 1.82) is 0 Å². The lowest BCUT2D eigenvalue weighted by Crippen LogP contribution is -2.25. The van der Waals surface area contributed by atoms with Crippen LogP contribution in [0.5, 0.6) is 5.75 Å². The van der Waals surface area contributed by atoms with Crippen molar-refractivity contribution in [2.75, 3.05) is 7.11 Å². The normalized spacial score (nSPS) is 15.4. The molecule has 35 heavy (non-hydrogen) atoms. The van der Waals surface area contributed by atoms with Gasteiger partial charge < -0.3 is 20.0 Å². The number of pyridine rings is 1. The Bertz CT molecular complexity index is 1290. The van der Waals surface area contributed by atoms with E-state index >= 15 is 0 Å². The van der Waals surface area contributed by atoms with Gasteiger partial charge in [0.1, 0.15) is 22.8 Å². The molecular weight excluding hydrogens is 453 g/mol.